The third-order valence-corrected chi connectivity index (χ3v) is 4.92. The minimum atomic E-state index is 0.0396. The van der Waals surface area contributed by atoms with Gasteiger partial charge in [0.15, 0.2) is 0 Å². The number of esters is 1. The molecule has 2 nitrogen and oxygen atoms in total. The predicted octanol–water partition coefficient (Wildman–Crippen LogP) is 3.93. The average Bonchev–Trinajstić information content (AvgIpc) is 2.54. The minimum absolute atomic E-state index is 0.0396. The summed E-state index contributed by atoms with van der Waals surface area (Å²) in [7, 11) is 0. The highest BCUT2D eigenvalue weighted by atomic mass is 16.6. The summed E-state index contributed by atoms with van der Waals surface area (Å²) < 4.78 is 5.54. The lowest BCUT2D eigenvalue weighted by atomic mass is 9.66. The van der Waals surface area contributed by atoms with E-state index in [4.69, 9.17) is 4.74 Å². The quantitative estimate of drug-likeness (QED) is 0.548. The second kappa shape index (κ2) is 4.99. The van der Waals surface area contributed by atoms with Gasteiger partial charge in [-0.2, -0.15) is 0 Å². The lowest BCUT2D eigenvalue weighted by Crippen LogP contribution is -2.34. The molecule has 1 saturated heterocycles. The van der Waals surface area contributed by atoms with Crippen LogP contribution >= 0.6 is 0 Å². The Labute approximate surface area is 105 Å². The summed E-state index contributed by atoms with van der Waals surface area (Å²) in [5, 5.41) is 0. The number of fused-ring (bicyclic) bond motifs is 1. The maximum Gasteiger partial charge on any atom is 0.309 e. The zero-order chi connectivity index (χ0) is 12.5. The molecular weight excluding hydrogens is 212 g/mol. The number of carbonyl (C=O) groups is 1. The van der Waals surface area contributed by atoms with E-state index in [-0.39, 0.29) is 18.0 Å². The van der Waals surface area contributed by atoms with Gasteiger partial charge in [-0.05, 0) is 31.1 Å². The van der Waals surface area contributed by atoms with Gasteiger partial charge in [-0.15, -0.1) is 0 Å². The Morgan fingerprint density at radius 3 is 2.88 bits per heavy atom. The van der Waals surface area contributed by atoms with Crippen molar-refractivity contribution in [1.29, 1.82) is 0 Å². The first-order valence-electron chi connectivity index (χ1n) is 7.26. The summed E-state index contributed by atoms with van der Waals surface area (Å²) in [6.07, 6.45) is 9.02. The molecule has 0 amide bonds. The van der Waals surface area contributed by atoms with Crippen LogP contribution in [0, 0.1) is 17.3 Å². The average molecular weight is 238 g/mol. The fraction of sp³-hybridized carbons (Fsp3) is 0.933. The zero-order valence-corrected chi connectivity index (χ0v) is 11.5. The zero-order valence-electron chi connectivity index (χ0n) is 11.5. The second-order valence-corrected chi connectivity index (χ2v) is 6.44. The van der Waals surface area contributed by atoms with Gasteiger partial charge in [-0.25, -0.2) is 0 Å². The third kappa shape index (κ3) is 2.66. The highest BCUT2D eigenvalue weighted by molar-refractivity contribution is 5.74. The van der Waals surface area contributed by atoms with Crippen LogP contribution in [0.25, 0.3) is 0 Å². The molecule has 1 aliphatic heterocycles. The lowest BCUT2D eigenvalue weighted by Gasteiger charge is -2.39. The van der Waals surface area contributed by atoms with Gasteiger partial charge in [0.05, 0.1) is 5.92 Å². The monoisotopic (exact) mass is 238 g/mol. The van der Waals surface area contributed by atoms with Crippen LogP contribution in [-0.2, 0) is 9.53 Å². The molecule has 2 rings (SSSR count). The number of unbranched alkanes of at least 4 members (excludes halogenated alkanes) is 2. The van der Waals surface area contributed by atoms with Gasteiger partial charge in [0, 0.05) is 5.92 Å². The van der Waals surface area contributed by atoms with Crippen molar-refractivity contribution in [1.82, 2.24) is 0 Å². The molecule has 0 aromatic heterocycles. The summed E-state index contributed by atoms with van der Waals surface area (Å²) in [5.41, 5.74) is 0.417. The summed E-state index contributed by atoms with van der Waals surface area (Å²) in [4.78, 5) is 11.6. The van der Waals surface area contributed by atoms with Crippen molar-refractivity contribution >= 4 is 5.97 Å². The van der Waals surface area contributed by atoms with Crippen LogP contribution in [0.4, 0.5) is 0 Å². The van der Waals surface area contributed by atoms with E-state index >= 15 is 0 Å². The second-order valence-electron chi connectivity index (χ2n) is 6.44. The first-order chi connectivity index (χ1) is 8.06. The van der Waals surface area contributed by atoms with E-state index in [1.165, 1.54) is 38.5 Å². The van der Waals surface area contributed by atoms with E-state index in [1.54, 1.807) is 0 Å². The van der Waals surface area contributed by atoms with Crippen molar-refractivity contribution in [2.24, 2.45) is 17.3 Å². The molecule has 2 aliphatic rings. The van der Waals surface area contributed by atoms with Crippen molar-refractivity contribution in [2.45, 2.75) is 71.8 Å². The third-order valence-electron chi connectivity index (χ3n) is 4.92. The van der Waals surface area contributed by atoms with Gasteiger partial charge < -0.3 is 4.74 Å². The molecule has 17 heavy (non-hydrogen) atoms. The number of hydrogen-bond donors (Lipinski definition) is 0. The van der Waals surface area contributed by atoms with E-state index in [0.29, 0.717) is 11.3 Å². The molecule has 2 fully saturated rings. The molecule has 0 spiro atoms. The molecule has 4 atom stereocenters. The maximum absolute atomic E-state index is 11.6. The van der Waals surface area contributed by atoms with Gasteiger partial charge in [-0.3, -0.25) is 4.79 Å². The molecule has 98 valence electrons. The van der Waals surface area contributed by atoms with E-state index in [9.17, 15) is 4.79 Å². The molecule has 0 aromatic rings. The van der Waals surface area contributed by atoms with Gasteiger partial charge in [0.1, 0.15) is 6.10 Å². The van der Waals surface area contributed by atoms with Gasteiger partial charge in [-0.1, -0.05) is 40.0 Å². The molecule has 2 unspecified atom stereocenters. The highest BCUT2D eigenvalue weighted by Gasteiger charge is 2.48. The molecule has 1 saturated carbocycles. The maximum atomic E-state index is 11.6. The van der Waals surface area contributed by atoms with Crippen molar-refractivity contribution in [2.75, 3.05) is 0 Å². The van der Waals surface area contributed by atoms with Gasteiger partial charge in [0.25, 0.3) is 0 Å². The van der Waals surface area contributed by atoms with Crippen molar-refractivity contribution in [3.8, 4) is 0 Å². The Morgan fingerprint density at radius 1 is 1.41 bits per heavy atom. The normalized spacial score (nSPS) is 41.1. The number of hydrogen-bond acceptors (Lipinski definition) is 2. The van der Waals surface area contributed by atoms with Crippen molar-refractivity contribution < 1.29 is 9.53 Å². The SMILES string of the molecule is CCCCCC1(C)CC[C@H]2C(C)C(=O)O[C@@H]2C1. The first-order valence-corrected chi connectivity index (χ1v) is 7.26. The molecule has 0 N–H and O–H groups in total. The standard InChI is InChI=1S/C15H26O2/c1-4-5-6-8-15(3)9-7-12-11(2)14(16)17-13(12)10-15/h11-13H,4-10H2,1-3H3/t11?,12-,13+,15?/m0/s1. The van der Waals surface area contributed by atoms with Crippen LogP contribution in [0.2, 0.25) is 0 Å². The molecule has 1 aliphatic carbocycles. The van der Waals surface area contributed by atoms with Crippen LogP contribution in [-0.4, -0.2) is 12.1 Å². The smallest absolute Gasteiger partial charge is 0.309 e. The van der Waals surface area contributed by atoms with Crippen LogP contribution in [0.15, 0.2) is 0 Å². The Bertz CT molecular complexity index is 287. The predicted molar refractivity (Wildman–Crippen MR) is 68.6 cm³/mol. The Kier molecular flexibility index (Phi) is 3.79. The molecule has 2 heteroatoms. The van der Waals surface area contributed by atoms with Crippen LogP contribution in [0.3, 0.4) is 0 Å². The Morgan fingerprint density at radius 2 is 2.18 bits per heavy atom. The fourth-order valence-corrected chi connectivity index (χ4v) is 3.60. The number of rotatable bonds is 4. The molecule has 1 heterocycles. The Balaban J connectivity index is 1.91. The topological polar surface area (TPSA) is 26.3 Å². The molecule has 0 aromatic carbocycles. The summed E-state index contributed by atoms with van der Waals surface area (Å²) >= 11 is 0. The lowest BCUT2D eigenvalue weighted by molar-refractivity contribution is -0.145. The summed E-state index contributed by atoms with van der Waals surface area (Å²) in [6.45, 7) is 6.67. The van der Waals surface area contributed by atoms with Crippen LogP contribution in [0.5, 0.6) is 0 Å². The van der Waals surface area contributed by atoms with Crippen LogP contribution < -0.4 is 0 Å². The fourth-order valence-electron chi connectivity index (χ4n) is 3.60. The van der Waals surface area contributed by atoms with E-state index in [2.05, 4.69) is 13.8 Å². The largest absolute Gasteiger partial charge is 0.462 e. The minimum Gasteiger partial charge on any atom is -0.462 e. The number of carbonyl (C=O) groups excluding carboxylic acids is 1. The van der Waals surface area contributed by atoms with Crippen LogP contribution in [0.1, 0.15) is 65.7 Å². The van der Waals surface area contributed by atoms with E-state index in [0.717, 1.165) is 6.42 Å². The van der Waals surface area contributed by atoms with Crippen molar-refractivity contribution in [3.05, 3.63) is 0 Å². The molecule has 0 radical (unpaired) electrons. The van der Waals surface area contributed by atoms with Gasteiger partial charge >= 0.3 is 5.97 Å². The number of ether oxygens (including phenoxy) is 1. The molecule has 0 bridgehead atoms. The summed E-state index contributed by atoms with van der Waals surface area (Å²) in [6, 6.07) is 0. The highest BCUT2D eigenvalue weighted by Crippen LogP contribution is 2.48. The molecular formula is C15H26O2. The summed E-state index contributed by atoms with van der Waals surface area (Å²) in [5.74, 6) is 0.680. The van der Waals surface area contributed by atoms with E-state index < -0.39 is 0 Å². The van der Waals surface area contributed by atoms with Gasteiger partial charge in [0.2, 0.25) is 0 Å². The first kappa shape index (κ1) is 12.9. The van der Waals surface area contributed by atoms with E-state index in [1.807, 2.05) is 6.92 Å². The Hall–Kier alpha value is -0.530. The van der Waals surface area contributed by atoms with Crippen molar-refractivity contribution in [3.63, 3.8) is 0 Å².